The molecular weight excluding hydrogens is 240 g/mol. The van der Waals surface area contributed by atoms with E-state index in [0.29, 0.717) is 17.3 Å². The van der Waals surface area contributed by atoms with Gasteiger partial charge in [-0.05, 0) is 18.6 Å². The molecule has 1 unspecified atom stereocenters. The Balaban J connectivity index is 2.65. The average molecular weight is 257 g/mol. The highest BCUT2D eigenvalue weighted by molar-refractivity contribution is 6.34. The highest BCUT2D eigenvalue weighted by Crippen LogP contribution is 2.25. The number of ether oxygens (including phenoxy) is 1. The van der Waals surface area contributed by atoms with Gasteiger partial charge in [0.1, 0.15) is 0 Å². The molecule has 0 spiro atoms. The minimum Gasteiger partial charge on any atom is -0.380 e. The molecule has 17 heavy (non-hydrogen) atoms. The number of hydrogen-bond donors (Lipinski definition) is 2. The molecule has 0 aliphatic rings. The van der Waals surface area contributed by atoms with E-state index in [2.05, 4.69) is 5.32 Å². The third-order valence-electron chi connectivity index (χ3n) is 2.48. The molecule has 3 N–H and O–H groups in total. The molecule has 1 rings (SSSR count). The van der Waals surface area contributed by atoms with Gasteiger partial charge >= 0.3 is 0 Å². The number of halogens is 1. The normalized spacial score (nSPS) is 12.2. The van der Waals surface area contributed by atoms with E-state index < -0.39 is 0 Å². The van der Waals surface area contributed by atoms with E-state index in [4.69, 9.17) is 22.1 Å². The van der Waals surface area contributed by atoms with Crippen LogP contribution in [0.15, 0.2) is 18.2 Å². The van der Waals surface area contributed by atoms with Crippen LogP contribution in [0.2, 0.25) is 5.02 Å². The quantitative estimate of drug-likeness (QED) is 0.846. The number of aryl methyl sites for hydroxylation is 1. The van der Waals surface area contributed by atoms with Crippen LogP contribution in [-0.4, -0.2) is 25.7 Å². The van der Waals surface area contributed by atoms with Crippen LogP contribution in [0.25, 0.3) is 0 Å². The van der Waals surface area contributed by atoms with Gasteiger partial charge in [-0.25, -0.2) is 0 Å². The number of benzene rings is 1. The summed E-state index contributed by atoms with van der Waals surface area (Å²) < 4.78 is 5.04. The van der Waals surface area contributed by atoms with Gasteiger partial charge in [0, 0.05) is 13.7 Å². The van der Waals surface area contributed by atoms with E-state index in [1.807, 2.05) is 19.1 Å². The SMILES string of the molecule is COC(CN)CC(=O)Nc1cccc(C)c1Cl. The van der Waals surface area contributed by atoms with Crippen molar-refractivity contribution in [1.82, 2.24) is 0 Å². The Morgan fingerprint density at radius 3 is 2.88 bits per heavy atom. The van der Waals surface area contributed by atoms with Crippen molar-refractivity contribution in [1.29, 1.82) is 0 Å². The Morgan fingerprint density at radius 2 is 2.29 bits per heavy atom. The predicted molar refractivity (Wildman–Crippen MR) is 69.3 cm³/mol. The lowest BCUT2D eigenvalue weighted by atomic mass is 10.2. The highest BCUT2D eigenvalue weighted by Gasteiger charge is 2.13. The molecule has 1 aromatic rings. The summed E-state index contributed by atoms with van der Waals surface area (Å²) >= 11 is 6.07. The van der Waals surface area contributed by atoms with Gasteiger partial charge in [-0.3, -0.25) is 4.79 Å². The van der Waals surface area contributed by atoms with Crippen LogP contribution in [0, 0.1) is 6.92 Å². The maximum absolute atomic E-state index is 11.7. The summed E-state index contributed by atoms with van der Waals surface area (Å²) in [5.41, 5.74) is 6.99. The molecule has 4 nitrogen and oxygen atoms in total. The molecule has 0 radical (unpaired) electrons. The van der Waals surface area contributed by atoms with Crippen LogP contribution in [0.4, 0.5) is 5.69 Å². The molecule has 0 fully saturated rings. The topological polar surface area (TPSA) is 64.3 Å². The largest absolute Gasteiger partial charge is 0.380 e. The van der Waals surface area contributed by atoms with Crippen molar-refractivity contribution < 1.29 is 9.53 Å². The summed E-state index contributed by atoms with van der Waals surface area (Å²) in [7, 11) is 1.53. The molecule has 0 saturated heterocycles. The highest BCUT2D eigenvalue weighted by atomic mass is 35.5. The fourth-order valence-electron chi connectivity index (χ4n) is 1.41. The summed E-state index contributed by atoms with van der Waals surface area (Å²) in [6.45, 7) is 2.20. The van der Waals surface area contributed by atoms with Crippen molar-refractivity contribution in [3.63, 3.8) is 0 Å². The summed E-state index contributed by atoms with van der Waals surface area (Å²) in [5, 5.41) is 3.30. The van der Waals surface area contributed by atoms with Gasteiger partial charge in [-0.1, -0.05) is 23.7 Å². The Morgan fingerprint density at radius 1 is 1.59 bits per heavy atom. The third kappa shape index (κ3) is 4.00. The number of carbonyl (C=O) groups excluding carboxylic acids is 1. The van der Waals surface area contributed by atoms with Crippen LogP contribution < -0.4 is 11.1 Å². The fourth-order valence-corrected chi connectivity index (χ4v) is 1.59. The van der Waals surface area contributed by atoms with Gasteiger partial charge in [0.25, 0.3) is 0 Å². The van der Waals surface area contributed by atoms with Crippen LogP contribution in [-0.2, 0) is 9.53 Å². The lowest BCUT2D eigenvalue weighted by molar-refractivity contribution is -0.118. The molecule has 0 aliphatic carbocycles. The second kappa shape index (κ2) is 6.59. The zero-order valence-corrected chi connectivity index (χ0v) is 10.8. The number of nitrogens with two attached hydrogens (primary N) is 1. The monoisotopic (exact) mass is 256 g/mol. The number of carbonyl (C=O) groups is 1. The summed E-state index contributed by atoms with van der Waals surface area (Å²) in [6, 6.07) is 5.49. The van der Waals surface area contributed by atoms with Crippen molar-refractivity contribution in [3.8, 4) is 0 Å². The third-order valence-corrected chi connectivity index (χ3v) is 2.98. The maximum atomic E-state index is 11.7. The second-order valence-corrected chi connectivity index (χ2v) is 4.16. The molecule has 0 bridgehead atoms. The molecule has 0 heterocycles. The van der Waals surface area contributed by atoms with Crippen molar-refractivity contribution in [3.05, 3.63) is 28.8 Å². The number of nitrogens with one attached hydrogen (secondary N) is 1. The fraction of sp³-hybridized carbons (Fsp3) is 0.417. The van der Waals surface area contributed by atoms with E-state index in [-0.39, 0.29) is 18.4 Å². The summed E-state index contributed by atoms with van der Waals surface area (Å²) in [6.07, 6.45) is -0.0457. The van der Waals surface area contributed by atoms with Crippen molar-refractivity contribution in [2.45, 2.75) is 19.4 Å². The number of amides is 1. The minimum atomic E-state index is -0.265. The van der Waals surface area contributed by atoms with Crippen molar-refractivity contribution >= 4 is 23.2 Å². The smallest absolute Gasteiger partial charge is 0.227 e. The van der Waals surface area contributed by atoms with Crippen LogP contribution in [0.1, 0.15) is 12.0 Å². The zero-order chi connectivity index (χ0) is 12.8. The van der Waals surface area contributed by atoms with E-state index in [1.165, 1.54) is 7.11 Å². The summed E-state index contributed by atoms with van der Waals surface area (Å²) in [4.78, 5) is 11.7. The lowest BCUT2D eigenvalue weighted by Gasteiger charge is -2.13. The maximum Gasteiger partial charge on any atom is 0.227 e. The molecule has 5 heteroatoms. The first-order valence-electron chi connectivity index (χ1n) is 5.36. The second-order valence-electron chi connectivity index (χ2n) is 3.78. The van der Waals surface area contributed by atoms with Gasteiger partial charge in [-0.2, -0.15) is 0 Å². The standard InChI is InChI=1S/C12H17ClN2O2/c1-8-4-3-5-10(12(8)13)15-11(16)6-9(7-14)17-2/h3-5,9H,6-7,14H2,1-2H3,(H,15,16). The number of hydrogen-bond acceptors (Lipinski definition) is 3. The predicted octanol–water partition coefficient (Wildman–Crippen LogP) is 1.95. The van der Waals surface area contributed by atoms with Gasteiger partial charge in [0.05, 0.1) is 23.2 Å². The van der Waals surface area contributed by atoms with Crippen LogP contribution in [0.3, 0.4) is 0 Å². The molecule has 1 aromatic carbocycles. The van der Waals surface area contributed by atoms with Crippen molar-refractivity contribution in [2.24, 2.45) is 5.73 Å². The number of rotatable bonds is 5. The first-order chi connectivity index (χ1) is 8.08. The van der Waals surface area contributed by atoms with Gasteiger partial charge < -0.3 is 15.8 Å². The zero-order valence-electron chi connectivity index (χ0n) is 10.00. The van der Waals surface area contributed by atoms with Crippen molar-refractivity contribution in [2.75, 3.05) is 19.0 Å². The number of anilines is 1. The Labute approximate surface area is 106 Å². The molecular formula is C12H17ClN2O2. The molecule has 0 aliphatic heterocycles. The van der Waals surface area contributed by atoms with Gasteiger partial charge in [-0.15, -0.1) is 0 Å². The lowest BCUT2D eigenvalue weighted by Crippen LogP contribution is -2.28. The Hall–Kier alpha value is -1.10. The molecule has 94 valence electrons. The van der Waals surface area contributed by atoms with Gasteiger partial charge in [0.15, 0.2) is 0 Å². The molecule has 0 aromatic heterocycles. The van der Waals surface area contributed by atoms with E-state index in [0.717, 1.165) is 5.56 Å². The first-order valence-corrected chi connectivity index (χ1v) is 5.74. The van der Waals surface area contributed by atoms with Gasteiger partial charge in [0.2, 0.25) is 5.91 Å². The number of methoxy groups -OCH3 is 1. The Bertz CT molecular complexity index is 392. The molecule has 0 saturated carbocycles. The minimum absolute atomic E-state index is 0.158. The molecule has 1 atom stereocenters. The first kappa shape index (κ1) is 14.0. The summed E-state index contributed by atoms with van der Waals surface area (Å²) in [5.74, 6) is -0.158. The van der Waals surface area contributed by atoms with E-state index in [1.54, 1.807) is 6.07 Å². The average Bonchev–Trinajstić information content (AvgIpc) is 2.32. The van der Waals surface area contributed by atoms with Crippen LogP contribution in [0.5, 0.6) is 0 Å². The van der Waals surface area contributed by atoms with Crippen LogP contribution >= 0.6 is 11.6 Å². The Kier molecular flexibility index (Phi) is 5.41. The molecule has 1 amide bonds. The van der Waals surface area contributed by atoms with E-state index >= 15 is 0 Å². The van der Waals surface area contributed by atoms with E-state index in [9.17, 15) is 4.79 Å².